The van der Waals surface area contributed by atoms with Gasteiger partial charge in [-0.25, -0.2) is 13.2 Å². The van der Waals surface area contributed by atoms with Crippen molar-refractivity contribution >= 4 is 28.0 Å². The van der Waals surface area contributed by atoms with E-state index in [2.05, 4.69) is 4.74 Å². The van der Waals surface area contributed by atoms with Gasteiger partial charge in [0.2, 0.25) is 10.0 Å². The zero-order valence-corrected chi connectivity index (χ0v) is 11.4. The molecule has 1 rings (SSSR count). The summed E-state index contributed by atoms with van der Waals surface area (Å²) in [6.07, 6.45) is 2.67. The van der Waals surface area contributed by atoms with Gasteiger partial charge in [-0.3, -0.25) is 4.79 Å². The normalized spacial score (nSPS) is 11.4. The Morgan fingerprint density at radius 3 is 2.40 bits per heavy atom. The molecule has 0 aliphatic carbocycles. The Morgan fingerprint density at radius 1 is 1.30 bits per heavy atom. The van der Waals surface area contributed by atoms with E-state index in [0.717, 1.165) is 0 Å². The molecule has 0 fully saturated rings. The van der Waals surface area contributed by atoms with Crippen molar-refractivity contribution in [2.24, 2.45) is 0 Å². The fraction of sp³-hybridized carbons (Fsp3) is 0.167. The van der Waals surface area contributed by atoms with Crippen LogP contribution >= 0.6 is 0 Å². The van der Waals surface area contributed by atoms with Gasteiger partial charge in [0.25, 0.3) is 0 Å². The molecule has 2 N–H and O–H groups in total. The standard InChI is InChI=1S/C12H13NO6S/c1-19-12(16)7-4-9-2-5-10(6-3-9)20(17,18)13-8-11(14)15/h2-7,13H,8H2,1H3,(H,14,15). The van der Waals surface area contributed by atoms with Crippen molar-refractivity contribution in [3.8, 4) is 0 Å². The number of nitrogens with one attached hydrogen (secondary N) is 1. The van der Waals surface area contributed by atoms with Gasteiger partial charge in [-0.05, 0) is 23.8 Å². The summed E-state index contributed by atoms with van der Waals surface area (Å²) in [5.41, 5.74) is 0.604. The molecule has 8 heteroatoms. The molecule has 7 nitrogen and oxygen atoms in total. The van der Waals surface area contributed by atoms with E-state index in [9.17, 15) is 18.0 Å². The zero-order chi connectivity index (χ0) is 15.2. The summed E-state index contributed by atoms with van der Waals surface area (Å²) in [6.45, 7) is -0.688. The number of carbonyl (C=O) groups excluding carboxylic acids is 1. The number of carbonyl (C=O) groups is 2. The molecule has 0 spiro atoms. The van der Waals surface area contributed by atoms with E-state index in [-0.39, 0.29) is 4.90 Å². The minimum Gasteiger partial charge on any atom is -0.480 e. The number of aliphatic carboxylic acids is 1. The van der Waals surface area contributed by atoms with Crippen molar-refractivity contribution in [2.75, 3.05) is 13.7 Å². The molecule has 0 aromatic heterocycles. The van der Waals surface area contributed by atoms with Gasteiger partial charge >= 0.3 is 11.9 Å². The van der Waals surface area contributed by atoms with Crippen molar-refractivity contribution in [1.82, 2.24) is 4.72 Å². The van der Waals surface area contributed by atoms with E-state index in [1.54, 1.807) is 0 Å². The summed E-state index contributed by atoms with van der Waals surface area (Å²) in [4.78, 5) is 21.2. The molecular weight excluding hydrogens is 286 g/mol. The first-order valence-corrected chi connectivity index (χ1v) is 6.91. The van der Waals surface area contributed by atoms with E-state index in [0.29, 0.717) is 5.56 Å². The molecule has 1 aromatic carbocycles. The van der Waals surface area contributed by atoms with Crippen LogP contribution in [0.1, 0.15) is 5.56 Å². The molecule has 20 heavy (non-hydrogen) atoms. The van der Waals surface area contributed by atoms with Gasteiger partial charge in [0.1, 0.15) is 6.54 Å². The van der Waals surface area contributed by atoms with E-state index < -0.39 is 28.5 Å². The van der Waals surface area contributed by atoms with Crippen molar-refractivity contribution < 1.29 is 27.9 Å². The molecule has 108 valence electrons. The molecule has 0 atom stereocenters. The Labute approximate surface area is 115 Å². The Bertz CT molecular complexity index is 618. The molecule has 0 heterocycles. The Kier molecular flexibility index (Phi) is 5.42. The summed E-state index contributed by atoms with van der Waals surface area (Å²) < 4.78 is 29.7. The number of benzene rings is 1. The van der Waals surface area contributed by atoms with Crippen molar-refractivity contribution in [1.29, 1.82) is 0 Å². The number of sulfonamides is 1. The smallest absolute Gasteiger partial charge is 0.330 e. The number of ether oxygens (including phenoxy) is 1. The van der Waals surface area contributed by atoms with Gasteiger partial charge in [0, 0.05) is 6.08 Å². The van der Waals surface area contributed by atoms with Crippen LogP contribution in [0.2, 0.25) is 0 Å². The monoisotopic (exact) mass is 299 g/mol. The number of esters is 1. The van der Waals surface area contributed by atoms with Crippen molar-refractivity contribution in [3.05, 3.63) is 35.9 Å². The highest BCUT2D eigenvalue weighted by atomic mass is 32.2. The molecular formula is C12H13NO6S. The molecule has 1 aromatic rings. The second-order valence-electron chi connectivity index (χ2n) is 3.64. The number of rotatable bonds is 6. The van der Waals surface area contributed by atoms with Crippen LogP contribution in [-0.2, 0) is 24.3 Å². The van der Waals surface area contributed by atoms with E-state index >= 15 is 0 Å². The first-order chi connectivity index (χ1) is 9.35. The van der Waals surface area contributed by atoms with Gasteiger partial charge in [-0.2, -0.15) is 4.72 Å². The fourth-order valence-electron chi connectivity index (χ4n) is 1.23. The lowest BCUT2D eigenvalue weighted by Gasteiger charge is -2.04. The van der Waals surface area contributed by atoms with Crippen molar-refractivity contribution in [2.45, 2.75) is 4.90 Å². The third-order valence-corrected chi connectivity index (χ3v) is 3.63. The van der Waals surface area contributed by atoms with Gasteiger partial charge < -0.3 is 9.84 Å². The highest BCUT2D eigenvalue weighted by Crippen LogP contribution is 2.11. The maximum atomic E-state index is 11.7. The van der Waals surface area contributed by atoms with E-state index in [1.807, 2.05) is 4.72 Å². The van der Waals surface area contributed by atoms with Crippen LogP contribution < -0.4 is 4.72 Å². The Balaban J connectivity index is 2.83. The lowest BCUT2D eigenvalue weighted by atomic mass is 10.2. The number of carboxylic acid groups (broad SMARTS) is 1. The van der Waals surface area contributed by atoms with Gasteiger partial charge in [0.05, 0.1) is 12.0 Å². The largest absolute Gasteiger partial charge is 0.480 e. The maximum absolute atomic E-state index is 11.7. The van der Waals surface area contributed by atoms with Crippen LogP contribution in [0, 0.1) is 0 Å². The summed E-state index contributed by atoms with van der Waals surface area (Å²) in [7, 11) is -2.61. The minimum atomic E-state index is -3.85. The van der Waals surface area contributed by atoms with Gasteiger partial charge in [0.15, 0.2) is 0 Å². The van der Waals surface area contributed by atoms with Gasteiger partial charge in [-0.15, -0.1) is 0 Å². The first kappa shape index (κ1) is 15.9. The summed E-state index contributed by atoms with van der Waals surface area (Å²) in [5, 5.41) is 8.43. The molecule has 0 radical (unpaired) electrons. The maximum Gasteiger partial charge on any atom is 0.330 e. The topological polar surface area (TPSA) is 110 Å². The van der Waals surface area contributed by atoms with E-state index in [4.69, 9.17) is 5.11 Å². The van der Waals surface area contributed by atoms with Crippen LogP contribution in [0.15, 0.2) is 35.2 Å². The average Bonchev–Trinajstić information content (AvgIpc) is 2.43. The van der Waals surface area contributed by atoms with Crippen LogP contribution in [0.25, 0.3) is 6.08 Å². The van der Waals surface area contributed by atoms with Crippen LogP contribution in [0.3, 0.4) is 0 Å². The molecule has 0 saturated carbocycles. The highest BCUT2D eigenvalue weighted by molar-refractivity contribution is 7.89. The summed E-state index contributed by atoms with van der Waals surface area (Å²) >= 11 is 0. The fourth-order valence-corrected chi connectivity index (χ4v) is 2.21. The average molecular weight is 299 g/mol. The van der Waals surface area contributed by atoms with Crippen LogP contribution in [0.4, 0.5) is 0 Å². The molecule has 0 aliphatic heterocycles. The number of carboxylic acids is 1. The third-order valence-electron chi connectivity index (χ3n) is 2.22. The predicted octanol–water partition coefficient (Wildman–Crippen LogP) is 0.236. The SMILES string of the molecule is COC(=O)C=Cc1ccc(S(=O)(=O)NCC(=O)O)cc1. The zero-order valence-electron chi connectivity index (χ0n) is 10.6. The predicted molar refractivity (Wildman–Crippen MR) is 70.3 cm³/mol. The number of hydrogen-bond acceptors (Lipinski definition) is 5. The lowest BCUT2D eigenvalue weighted by molar-refractivity contribution is -0.136. The number of hydrogen-bond donors (Lipinski definition) is 2. The third kappa shape index (κ3) is 4.82. The summed E-state index contributed by atoms with van der Waals surface area (Å²) in [6, 6.07) is 5.58. The van der Waals surface area contributed by atoms with E-state index in [1.165, 1.54) is 43.5 Å². The molecule has 0 unspecified atom stereocenters. The molecule has 0 amide bonds. The Morgan fingerprint density at radius 2 is 1.90 bits per heavy atom. The second kappa shape index (κ2) is 6.83. The molecule has 0 bridgehead atoms. The quantitative estimate of drug-likeness (QED) is 0.575. The van der Waals surface area contributed by atoms with Crippen LogP contribution in [0.5, 0.6) is 0 Å². The second-order valence-corrected chi connectivity index (χ2v) is 5.41. The van der Waals surface area contributed by atoms with Crippen molar-refractivity contribution in [3.63, 3.8) is 0 Å². The summed E-state index contributed by atoms with van der Waals surface area (Å²) in [5.74, 6) is -1.80. The Hall–Kier alpha value is -2.19. The first-order valence-electron chi connectivity index (χ1n) is 5.42. The molecule has 0 saturated heterocycles. The van der Waals surface area contributed by atoms with Crippen LogP contribution in [-0.4, -0.2) is 39.1 Å². The number of methoxy groups -OCH3 is 1. The van der Waals surface area contributed by atoms with Gasteiger partial charge in [-0.1, -0.05) is 12.1 Å². The lowest BCUT2D eigenvalue weighted by Crippen LogP contribution is -2.29. The molecule has 0 aliphatic rings. The highest BCUT2D eigenvalue weighted by Gasteiger charge is 2.14. The minimum absolute atomic E-state index is 0.0611.